The zero-order valence-corrected chi connectivity index (χ0v) is 39.4. The molecule has 2 atom stereocenters. The number of nitrogens with zero attached hydrogens (tertiary/aromatic N) is 2. The third-order valence-corrected chi connectivity index (χ3v) is 12.4. The molecule has 0 bridgehead atoms. The van der Waals surface area contributed by atoms with Crippen LogP contribution in [0.15, 0.2) is 133 Å². The van der Waals surface area contributed by atoms with Gasteiger partial charge in [-0.25, -0.2) is 0 Å². The van der Waals surface area contributed by atoms with Gasteiger partial charge < -0.3 is 15.1 Å². The fourth-order valence-corrected chi connectivity index (χ4v) is 9.38. The van der Waals surface area contributed by atoms with Crippen molar-refractivity contribution in [2.45, 2.75) is 90.1 Å². The molecule has 6 aromatic rings. The number of likely N-dealkylation sites (N-methyl/N-ethyl adjacent to an activating group) is 1. The Kier molecular flexibility index (Phi) is 15.9. The van der Waals surface area contributed by atoms with Crippen LogP contribution >= 0.6 is 0 Å². The number of rotatable bonds is 9. The number of benzene rings is 6. The summed E-state index contributed by atoms with van der Waals surface area (Å²) in [7, 11) is 4.20. The maximum Gasteiger partial charge on any atom is 3.00 e. The average molecular weight is 847 g/mol. The summed E-state index contributed by atoms with van der Waals surface area (Å²) in [5, 5.41) is 23.8. The number of aryl methyl sites for hydroxylation is 2. The number of hydrogen-bond donors (Lipinski definition) is 2. The van der Waals surface area contributed by atoms with Crippen molar-refractivity contribution in [1.29, 1.82) is 0 Å². The first-order valence-electron chi connectivity index (χ1n) is 21.5. The van der Waals surface area contributed by atoms with Crippen LogP contribution in [0.5, 0.6) is 11.5 Å². The molecule has 0 aromatic heterocycles. The van der Waals surface area contributed by atoms with Crippen LogP contribution in [0, 0.1) is 27.7 Å². The van der Waals surface area contributed by atoms with Crippen molar-refractivity contribution >= 4 is 0 Å². The third kappa shape index (κ3) is 11.6. The molecular weight excluding hydrogens is 780 g/mol. The molecule has 315 valence electrons. The molecule has 0 saturated carbocycles. The minimum atomic E-state index is 0. The van der Waals surface area contributed by atoms with Gasteiger partial charge in [0.25, 0.3) is 0 Å². The molecule has 6 aromatic carbocycles. The second-order valence-corrected chi connectivity index (χ2v) is 18.7. The number of hydrogen-bond acceptors (Lipinski definition) is 4. The number of phenols is 2. The Labute approximate surface area is 382 Å². The molecule has 2 unspecified atom stereocenters. The van der Waals surface area contributed by atoms with Crippen LogP contribution in [-0.4, -0.2) is 47.2 Å². The number of aromatic hydroxyl groups is 2. The molecule has 0 fully saturated rings. The van der Waals surface area contributed by atoms with E-state index in [-0.39, 0.29) is 44.4 Å². The molecule has 0 amide bonds. The van der Waals surface area contributed by atoms with Crippen LogP contribution in [0.1, 0.15) is 119 Å². The Balaban J connectivity index is 0.000000396. The number of phenolic OH excluding ortho intramolecular Hbond substituents is 2. The summed E-state index contributed by atoms with van der Waals surface area (Å²) in [6, 6.07) is 45.9. The van der Waals surface area contributed by atoms with Gasteiger partial charge in [-0.3, -0.25) is 4.90 Å². The Bertz CT molecular complexity index is 2190. The first-order valence-corrected chi connectivity index (χ1v) is 21.5. The second-order valence-electron chi connectivity index (χ2n) is 18.7. The molecule has 5 heteroatoms. The first-order chi connectivity index (χ1) is 28.5. The predicted octanol–water partition coefficient (Wildman–Crippen LogP) is 12.6. The maximum absolute atomic E-state index is 11.9. The average Bonchev–Trinajstić information content (AvgIpc) is 3.65. The van der Waals surface area contributed by atoms with E-state index in [9.17, 15) is 10.2 Å². The van der Waals surface area contributed by atoms with Gasteiger partial charge in [-0.05, 0) is 73.9 Å². The summed E-state index contributed by atoms with van der Waals surface area (Å²) >= 11 is 0. The fourth-order valence-electron chi connectivity index (χ4n) is 9.38. The Morgan fingerprint density at radius 1 is 0.525 bits per heavy atom. The van der Waals surface area contributed by atoms with Crippen LogP contribution in [0.3, 0.4) is 0 Å². The Hall–Kier alpha value is -4.71. The van der Waals surface area contributed by atoms with Crippen molar-refractivity contribution in [3.63, 3.8) is 0 Å². The van der Waals surface area contributed by atoms with Crippen molar-refractivity contribution in [2.24, 2.45) is 0 Å². The van der Waals surface area contributed by atoms with Gasteiger partial charge in [-0.15, -0.1) is 24.3 Å². The molecule has 1 radical (unpaired) electrons. The summed E-state index contributed by atoms with van der Waals surface area (Å²) in [5.74, 6) is 1.16. The fraction of sp³-hybridized carbons (Fsp3) is 0.321. The van der Waals surface area contributed by atoms with Gasteiger partial charge in [-0.2, -0.15) is 49.2 Å². The molecule has 8 rings (SSSR count). The minimum absolute atomic E-state index is 0. The summed E-state index contributed by atoms with van der Waals surface area (Å²) in [5.41, 5.74) is 14.0. The Morgan fingerprint density at radius 3 is 1.23 bits per heavy atom. The molecule has 2 aliphatic carbocycles. The monoisotopic (exact) mass is 846 g/mol. The van der Waals surface area contributed by atoms with E-state index in [0.29, 0.717) is 24.6 Å². The van der Waals surface area contributed by atoms with Crippen LogP contribution in [-0.2, 0) is 45.6 Å². The minimum Gasteiger partial charge on any atom is -0.507 e. The van der Waals surface area contributed by atoms with E-state index in [1.165, 1.54) is 33.4 Å². The van der Waals surface area contributed by atoms with E-state index in [4.69, 9.17) is 0 Å². The van der Waals surface area contributed by atoms with E-state index in [2.05, 4.69) is 152 Å². The van der Waals surface area contributed by atoms with Crippen LogP contribution in [0.4, 0.5) is 0 Å². The molecular formula is C56H66N2O2Ti+. The van der Waals surface area contributed by atoms with Crippen LogP contribution < -0.4 is 0 Å². The summed E-state index contributed by atoms with van der Waals surface area (Å²) in [6.45, 7) is 23.9. The van der Waals surface area contributed by atoms with Crippen molar-refractivity contribution in [1.82, 2.24) is 9.80 Å². The maximum atomic E-state index is 11.9. The van der Waals surface area contributed by atoms with E-state index in [1.807, 2.05) is 60.7 Å². The van der Waals surface area contributed by atoms with E-state index in [1.54, 1.807) is 0 Å². The smallest absolute Gasteiger partial charge is 0.507 e. The zero-order chi connectivity index (χ0) is 43.2. The van der Waals surface area contributed by atoms with E-state index in [0.717, 1.165) is 59.3 Å². The van der Waals surface area contributed by atoms with Gasteiger partial charge in [0.05, 0.1) is 0 Å². The topological polar surface area (TPSA) is 46.9 Å². The molecule has 2 aliphatic rings. The third-order valence-electron chi connectivity index (χ3n) is 12.4. The molecule has 0 aliphatic heterocycles. The van der Waals surface area contributed by atoms with Gasteiger partial charge in [0.15, 0.2) is 0 Å². The largest absolute Gasteiger partial charge is 3.00 e. The van der Waals surface area contributed by atoms with Crippen molar-refractivity contribution in [3.05, 3.63) is 214 Å². The summed E-state index contributed by atoms with van der Waals surface area (Å²) in [4.78, 5) is 4.58. The molecule has 0 spiro atoms. The molecule has 0 heterocycles. The van der Waals surface area contributed by atoms with Gasteiger partial charge in [-0.1, -0.05) is 124 Å². The van der Waals surface area contributed by atoms with Crippen LogP contribution in [0.2, 0.25) is 0 Å². The number of fused-ring (bicyclic) bond motifs is 2. The standard InChI is InChI=1S/C42H52N2O2.2C7H7.Ti/c1-27-19-29(39(45)33(21-27)35-23-41(3,4)37-15-11-9-13-31(35)37)25-44(18-17-43(7)8)26-30-20-28(2)22-34(40(30)46)36-24-42(5,6)38-16-12-10-14-32(36)38;2*1-7-5-3-2-4-6-7;/h9-16,19-22,35-36,45-46H,17-18,23-26H2,1-8H3;2*2-6H,1H2;/q;2*-1;+3. The van der Waals surface area contributed by atoms with Gasteiger partial charge in [0.1, 0.15) is 11.5 Å². The van der Waals surface area contributed by atoms with E-state index < -0.39 is 0 Å². The first kappa shape index (κ1) is 47.3. The Morgan fingerprint density at radius 2 is 0.885 bits per heavy atom. The molecule has 2 N–H and O–H groups in total. The van der Waals surface area contributed by atoms with E-state index >= 15 is 0 Å². The quantitative estimate of drug-likeness (QED) is 0.112. The van der Waals surface area contributed by atoms with Crippen molar-refractivity contribution in [3.8, 4) is 11.5 Å². The summed E-state index contributed by atoms with van der Waals surface area (Å²) < 4.78 is 0. The van der Waals surface area contributed by atoms with Crippen LogP contribution in [0.25, 0.3) is 0 Å². The summed E-state index contributed by atoms with van der Waals surface area (Å²) in [6.07, 6.45) is 1.96. The molecule has 0 saturated heterocycles. The SMILES string of the molecule is Cc1cc(CN(CCN(C)C)Cc2cc(C)cc(C3CC(C)(C)c4ccccc43)c2O)c(O)c(C2CC(C)(C)c3ccccc32)c1.[CH2-]c1ccccc1.[CH2-]c1ccccc1.[Ti+3]. The van der Waals surface area contributed by atoms with Gasteiger partial charge in [0, 0.05) is 60.3 Å². The zero-order valence-electron chi connectivity index (χ0n) is 37.8. The second kappa shape index (κ2) is 20.4. The normalized spacial score (nSPS) is 16.7. The predicted molar refractivity (Wildman–Crippen MR) is 252 cm³/mol. The van der Waals surface area contributed by atoms with Gasteiger partial charge in [0.2, 0.25) is 0 Å². The van der Waals surface area contributed by atoms with Crippen molar-refractivity contribution < 1.29 is 31.9 Å². The molecule has 4 nitrogen and oxygen atoms in total. The molecule has 61 heavy (non-hydrogen) atoms. The van der Waals surface area contributed by atoms with Crippen molar-refractivity contribution in [2.75, 3.05) is 27.2 Å². The van der Waals surface area contributed by atoms with Gasteiger partial charge >= 0.3 is 21.7 Å².